The molecule has 30 heavy (non-hydrogen) atoms. The Balaban J connectivity index is 1.76. The van der Waals surface area contributed by atoms with Gasteiger partial charge in [0.25, 0.3) is 0 Å². The molecule has 1 aromatic heterocycles. The van der Waals surface area contributed by atoms with Crippen molar-refractivity contribution in [2.45, 2.75) is 5.92 Å². The van der Waals surface area contributed by atoms with Crippen molar-refractivity contribution in [3.05, 3.63) is 117 Å². The van der Waals surface area contributed by atoms with Gasteiger partial charge < -0.3 is 9.15 Å². The van der Waals surface area contributed by atoms with Crippen molar-refractivity contribution < 1.29 is 9.15 Å². The van der Waals surface area contributed by atoms with E-state index in [4.69, 9.17) is 20.8 Å². The molecule has 1 aliphatic rings. The minimum absolute atomic E-state index is 0.326. The Labute approximate surface area is 177 Å². The van der Waals surface area contributed by atoms with E-state index in [9.17, 15) is 4.79 Å². The zero-order chi connectivity index (χ0) is 20.2. The third-order valence-electron chi connectivity index (χ3n) is 5.72. The fourth-order valence-electron chi connectivity index (χ4n) is 4.40. The van der Waals surface area contributed by atoms with Crippen molar-refractivity contribution in [2.75, 3.05) is 0 Å². The Kier molecular flexibility index (Phi) is 3.74. The van der Waals surface area contributed by atoms with E-state index < -0.39 is 0 Å². The fraction of sp³-hybridized carbons (Fsp3) is 0.0385. The zero-order valence-electron chi connectivity index (χ0n) is 15.8. The van der Waals surface area contributed by atoms with Crippen LogP contribution in [0.1, 0.15) is 22.6 Å². The highest BCUT2D eigenvalue weighted by atomic mass is 35.5. The third kappa shape index (κ3) is 2.49. The molecule has 1 atom stereocenters. The lowest BCUT2D eigenvalue weighted by atomic mass is 9.80. The predicted octanol–water partition coefficient (Wildman–Crippen LogP) is 6.89. The van der Waals surface area contributed by atoms with Crippen LogP contribution in [0.3, 0.4) is 0 Å². The minimum atomic E-state index is -0.387. The van der Waals surface area contributed by atoms with Crippen LogP contribution in [-0.4, -0.2) is 0 Å². The Morgan fingerprint density at radius 2 is 1.47 bits per heavy atom. The van der Waals surface area contributed by atoms with E-state index >= 15 is 0 Å². The summed E-state index contributed by atoms with van der Waals surface area (Å²) in [6, 6.07) is 27.2. The molecular weight excluding hydrogens is 396 g/mol. The standard InChI is InChI=1S/C26H15ClO3/c27-17-12-9-16(10-13-17)22-23-18-6-2-1-5-15(18)11-14-21(23)29-25-19-7-3-4-8-20(19)30-26(28)24(22)25/h1-14,22H. The van der Waals surface area contributed by atoms with Crippen molar-refractivity contribution >= 4 is 33.3 Å². The fourth-order valence-corrected chi connectivity index (χ4v) is 4.53. The van der Waals surface area contributed by atoms with Crippen LogP contribution in [0.25, 0.3) is 21.7 Å². The summed E-state index contributed by atoms with van der Waals surface area (Å²) in [7, 11) is 0. The lowest BCUT2D eigenvalue weighted by Gasteiger charge is -2.29. The summed E-state index contributed by atoms with van der Waals surface area (Å²) in [5.41, 5.74) is 2.57. The molecule has 1 unspecified atom stereocenters. The number of benzene rings is 4. The van der Waals surface area contributed by atoms with Crippen LogP contribution in [0.4, 0.5) is 0 Å². The van der Waals surface area contributed by atoms with Crippen LogP contribution in [0.2, 0.25) is 5.02 Å². The first-order chi connectivity index (χ1) is 14.7. The van der Waals surface area contributed by atoms with Gasteiger partial charge in [-0.2, -0.15) is 0 Å². The normalized spacial score (nSPS) is 14.9. The molecule has 4 heteroatoms. The van der Waals surface area contributed by atoms with Crippen molar-refractivity contribution in [3.8, 4) is 11.5 Å². The first-order valence-electron chi connectivity index (χ1n) is 9.71. The number of hydrogen-bond donors (Lipinski definition) is 0. The van der Waals surface area contributed by atoms with E-state index in [-0.39, 0.29) is 11.5 Å². The highest BCUT2D eigenvalue weighted by Gasteiger charge is 2.35. The summed E-state index contributed by atoms with van der Waals surface area (Å²) < 4.78 is 12.1. The minimum Gasteiger partial charge on any atom is -0.456 e. The first-order valence-corrected chi connectivity index (χ1v) is 10.1. The average molecular weight is 411 g/mol. The second-order valence-corrected chi connectivity index (χ2v) is 7.85. The molecule has 1 aliphatic heterocycles. The molecule has 144 valence electrons. The van der Waals surface area contributed by atoms with Gasteiger partial charge in [-0.25, -0.2) is 4.79 Å². The van der Waals surface area contributed by atoms with E-state index in [0.29, 0.717) is 21.9 Å². The molecule has 0 spiro atoms. The van der Waals surface area contributed by atoms with Gasteiger partial charge in [-0.1, -0.05) is 66.2 Å². The topological polar surface area (TPSA) is 39.4 Å². The summed E-state index contributed by atoms with van der Waals surface area (Å²) in [5, 5.41) is 3.57. The molecule has 0 amide bonds. The lowest BCUT2D eigenvalue weighted by molar-refractivity contribution is 0.441. The molecule has 0 radical (unpaired) electrons. The second kappa shape index (κ2) is 6.48. The Bertz CT molecular complexity index is 1500. The molecule has 0 saturated heterocycles. The molecular formula is C26H15ClO3. The summed E-state index contributed by atoms with van der Waals surface area (Å²) in [4.78, 5) is 13.2. The number of fused-ring (bicyclic) bond motifs is 6. The van der Waals surface area contributed by atoms with Crippen LogP contribution < -0.4 is 10.4 Å². The molecule has 2 heterocycles. The Morgan fingerprint density at radius 1 is 0.733 bits per heavy atom. The van der Waals surface area contributed by atoms with Crippen LogP contribution in [0, 0.1) is 0 Å². The maximum absolute atomic E-state index is 13.2. The van der Waals surface area contributed by atoms with E-state index in [1.807, 2.05) is 66.7 Å². The summed E-state index contributed by atoms with van der Waals surface area (Å²) >= 11 is 6.15. The average Bonchev–Trinajstić information content (AvgIpc) is 2.78. The number of halogens is 1. The summed E-state index contributed by atoms with van der Waals surface area (Å²) in [5.74, 6) is 0.981. The van der Waals surface area contributed by atoms with Crippen LogP contribution in [0.5, 0.6) is 11.5 Å². The third-order valence-corrected chi connectivity index (χ3v) is 5.97. The van der Waals surface area contributed by atoms with Crippen LogP contribution in [0.15, 0.2) is 94.1 Å². The van der Waals surface area contributed by atoms with Gasteiger partial charge in [0.2, 0.25) is 0 Å². The molecule has 0 fully saturated rings. The van der Waals surface area contributed by atoms with Gasteiger partial charge >= 0.3 is 5.63 Å². The zero-order valence-corrected chi connectivity index (χ0v) is 16.5. The van der Waals surface area contributed by atoms with E-state index in [2.05, 4.69) is 12.1 Å². The second-order valence-electron chi connectivity index (χ2n) is 7.41. The number of ether oxygens (including phenoxy) is 1. The SMILES string of the molecule is O=c1oc2ccccc2c2c1C(c1ccc(Cl)cc1)c1c(ccc3ccccc13)O2. The monoisotopic (exact) mass is 410 g/mol. The van der Waals surface area contributed by atoms with Gasteiger partial charge in [0.1, 0.15) is 17.1 Å². The summed E-state index contributed by atoms with van der Waals surface area (Å²) in [6.07, 6.45) is 0. The maximum atomic E-state index is 13.2. The molecule has 0 N–H and O–H groups in total. The van der Waals surface area contributed by atoms with Crippen molar-refractivity contribution in [2.24, 2.45) is 0 Å². The molecule has 5 aromatic rings. The maximum Gasteiger partial charge on any atom is 0.344 e. The Hall–Kier alpha value is -3.56. The van der Waals surface area contributed by atoms with E-state index in [1.54, 1.807) is 6.07 Å². The van der Waals surface area contributed by atoms with E-state index in [1.165, 1.54) is 0 Å². The lowest BCUT2D eigenvalue weighted by Crippen LogP contribution is -2.21. The molecule has 3 nitrogen and oxygen atoms in total. The van der Waals surface area contributed by atoms with Gasteiger partial charge in [-0.3, -0.25) is 0 Å². The molecule has 0 saturated carbocycles. The molecule has 4 aromatic carbocycles. The van der Waals surface area contributed by atoms with Crippen molar-refractivity contribution in [3.63, 3.8) is 0 Å². The quantitative estimate of drug-likeness (QED) is 0.277. The highest BCUT2D eigenvalue weighted by molar-refractivity contribution is 6.30. The van der Waals surface area contributed by atoms with Crippen LogP contribution in [-0.2, 0) is 0 Å². The van der Waals surface area contributed by atoms with Gasteiger partial charge in [0, 0.05) is 16.5 Å². The van der Waals surface area contributed by atoms with Crippen molar-refractivity contribution in [1.82, 2.24) is 0 Å². The predicted molar refractivity (Wildman–Crippen MR) is 119 cm³/mol. The van der Waals surface area contributed by atoms with Gasteiger partial charge in [-0.15, -0.1) is 0 Å². The first kappa shape index (κ1) is 17.3. The van der Waals surface area contributed by atoms with Gasteiger partial charge in [0.05, 0.1) is 10.9 Å². The van der Waals surface area contributed by atoms with Gasteiger partial charge in [-0.05, 0) is 46.7 Å². The van der Waals surface area contributed by atoms with Gasteiger partial charge in [0.15, 0.2) is 0 Å². The number of hydrogen-bond acceptors (Lipinski definition) is 3. The number of para-hydroxylation sites is 1. The number of rotatable bonds is 1. The van der Waals surface area contributed by atoms with Crippen LogP contribution >= 0.6 is 11.6 Å². The smallest absolute Gasteiger partial charge is 0.344 e. The van der Waals surface area contributed by atoms with Crippen molar-refractivity contribution in [1.29, 1.82) is 0 Å². The molecule has 0 aliphatic carbocycles. The highest BCUT2D eigenvalue weighted by Crippen LogP contribution is 2.50. The largest absolute Gasteiger partial charge is 0.456 e. The molecule has 6 rings (SSSR count). The summed E-state index contributed by atoms with van der Waals surface area (Å²) in [6.45, 7) is 0. The van der Waals surface area contributed by atoms with E-state index in [0.717, 1.165) is 33.0 Å². The molecule has 0 bridgehead atoms. The Morgan fingerprint density at radius 3 is 2.30 bits per heavy atom.